The first kappa shape index (κ1) is 11.5. The molecular formula is C9H16N4O2S. The van der Waals surface area contributed by atoms with Crippen LogP contribution in [0.1, 0.15) is 25.7 Å². The molecule has 7 heteroatoms. The van der Waals surface area contributed by atoms with Crippen LogP contribution in [0.4, 0.5) is 0 Å². The van der Waals surface area contributed by atoms with Crippen molar-refractivity contribution in [2.75, 3.05) is 5.75 Å². The molecule has 0 spiro atoms. The van der Waals surface area contributed by atoms with Gasteiger partial charge in [0.25, 0.3) is 0 Å². The first-order valence-corrected chi connectivity index (χ1v) is 7.13. The number of aromatic nitrogens is 3. The van der Waals surface area contributed by atoms with E-state index >= 15 is 0 Å². The van der Waals surface area contributed by atoms with Gasteiger partial charge in [-0.25, -0.2) is 18.1 Å². The van der Waals surface area contributed by atoms with Crippen LogP contribution in [-0.4, -0.2) is 35.0 Å². The zero-order valence-corrected chi connectivity index (χ0v) is 9.86. The third kappa shape index (κ3) is 3.28. The number of rotatable bonds is 5. The van der Waals surface area contributed by atoms with Crippen LogP contribution >= 0.6 is 0 Å². The summed E-state index contributed by atoms with van der Waals surface area (Å²) in [4.78, 5) is 3.76. The van der Waals surface area contributed by atoms with Crippen molar-refractivity contribution in [1.29, 1.82) is 0 Å². The maximum absolute atomic E-state index is 11.7. The van der Waals surface area contributed by atoms with Crippen molar-refractivity contribution in [3.8, 4) is 0 Å². The molecule has 0 unspecified atom stereocenters. The van der Waals surface area contributed by atoms with E-state index in [0.29, 0.717) is 6.54 Å². The second kappa shape index (κ2) is 4.92. The molecule has 0 amide bonds. The fraction of sp³-hybridized carbons (Fsp3) is 0.778. The predicted molar refractivity (Wildman–Crippen MR) is 59.2 cm³/mol. The van der Waals surface area contributed by atoms with Crippen LogP contribution in [0.15, 0.2) is 12.7 Å². The van der Waals surface area contributed by atoms with E-state index in [2.05, 4.69) is 14.8 Å². The lowest BCUT2D eigenvalue weighted by atomic mass is 10.3. The van der Waals surface area contributed by atoms with Gasteiger partial charge in [-0.05, 0) is 12.8 Å². The Balaban J connectivity index is 1.82. The molecule has 1 heterocycles. The monoisotopic (exact) mass is 244 g/mol. The van der Waals surface area contributed by atoms with Crippen LogP contribution in [-0.2, 0) is 16.6 Å². The molecule has 0 bridgehead atoms. The van der Waals surface area contributed by atoms with E-state index in [4.69, 9.17) is 0 Å². The van der Waals surface area contributed by atoms with Gasteiger partial charge in [0.15, 0.2) is 0 Å². The van der Waals surface area contributed by atoms with E-state index in [9.17, 15) is 8.42 Å². The molecule has 6 nitrogen and oxygen atoms in total. The molecule has 0 saturated heterocycles. The summed E-state index contributed by atoms with van der Waals surface area (Å²) in [6.07, 6.45) is 7.08. The number of hydrogen-bond donors (Lipinski definition) is 1. The predicted octanol–water partition coefficient (Wildman–Crippen LogP) is 0.140. The molecule has 1 aromatic rings. The molecule has 16 heavy (non-hydrogen) atoms. The molecule has 1 aliphatic carbocycles. The van der Waals surface area contributed by atoms with Crippen LogP contribution in [0.5, 0.6) is 0 Å². The summed E-state index contributed by atoms with van der Waals surface area (Å²) in [5.41, 5.74) is 0. The molecule has 0 radical (unpaired) electrons. The van der Waals surface area contributed by atoms with E-state index in [1.165, 1.54) is 17.3 Å². The molecule has 1 saturated carbocycles. The molecule has 1 aromatic heterocycles. The summed E-state index contributed by atoms with van der Waals surface area (Å²) < 4.78 is 27.7. The SMILES string of the molecule is O=S(=O)(CCn1cncn1)NC1CCCC1. The lowest BCUT2D eigenvalue weighted by Gasteiger charge is -2.12. The topological polar surface area (TPSA) is 76.9 Å². The Bertz CT molecular complexity index is 409. The number of aryl methyl sites for hydroxylation is 1. The Hall–Kier alpha value is -0.950. The Morgan fingerprint density at radius 2 is 2.12 bits per heavy atom. The third-order valence-corrected chi connectivity index (χ3v) is 4.17. The molecule has 2 rings (SSSR count). The second-order valence-electron chi connectivity index (χ2n) is 4.08. The first-order chi connectivity index (χ1) is 7.66. The maximum atomic E-state index is 11.7. The lowest BCUT2D eigenvalue weighted by molar-refractivity contribution is 0.542. The Kier molecular flexibility index (Phi) is 3.55. The molecule has 1 fully saturated rings. The van der Waals surface area contributed by atoms with Gasteiger partial charge in [-0.1, -0.05) is 12.8 Å². The third-order valence-electron chi connectivity index (χ3n) is 2.76. The molecule has 0 aromatic carbocycles. The number of sulfonamides is 1. The standard InChI is InChI=1S/C9H16N4O2S/c14-16(15,12-9-3-1-2-4-9)6-5-13-8-10-7-11-13/h7-9,12H,1-6H2. The van der Waals surface area contributed by atoms with E-state index < -0.39 is 10.0 Å². The van der Waals surface area contributed by atoms with Crippen molar-refractivity contribution in [3.63, 3.8) is 0 Å². The zero-order chi connectivity index (χ0) is 11.4. The second-order valence-corrected chi connectivity index (χ2v) is 5.95. The molecule has 1 aliphatic rings. The highest BCUT2D eigenvalue weighted by molar-refractivity contribution is 7.89. The molecule has 90 valence electrons. The van der Waals surface area contributed by atoms with Crippen molar-refractivity contribution in [2.45, 2.75) is 38.3 Å². The van der Waals surface area contributed by atoms with Gasteiger partial charge in [0, 0.05) is 6.04 Å². The van der Waals surface area contributed by atoms with Crippen molar-refractivity contribution in [2.24, 2.45) is 0 Å². The molecule has 1 N–H and O–H groups in total. The smallest absolute Gasteiger partial charge is 0.213 e. The highest BCUT2D eigenvalue weighted by atomic mass is 32.2. The number of hydrogen-bond acceptors (Lipinski definition) is 4. The van der Waals surface area contributed by atoms with Gasteiger partial charge in [-0.2, -0.15) is 5.10 Å². The minimum Gasteiger partial charge on any atom is -0.252 e. The van der Waals surface area contributed by atoms with Crippen LogP contribution in [0, 0.1) is 0 Å². The van der Waals surface area contributed by atoms with Crippen LogP contribution < -0.4 is 4.72 Å². The summed E-state index contributed by atoms with van der Waals surface area (Å²) in [7, 11) is -3.18. The lowest BCUT2D eigenvalue weighted by Crippen LogP contribution is -2.35. The molecule has 0 atom stereocenters. The molecule has 0 aliphatic heterocycles. The van der Waals surface area contributed by atoms with Gasteiger partial charge in [-0.15, -0.1) is 0 Å². The average Bonchev–Trinajstić information content (AvgIpc) is 2.85. The quantitative estimate of drug-likeness (QED) is 0.799. The Morgan fingerprint density at radius 1 is 1.38 bits per heavy atom. The maximum Gasteiger partial charge on any atom is 0.213 e. The zero-order valence-electron chi connectivity index (χ0n) is 9.04. The van der Waals surface area contributed by atoms with Gasteiger partial charge >= 0.3 is 0 Å². The van der Waals surface area contributed by atoms with E-state index in [1.54, 1.807) is 0 Å². The highest BCUT2D eigenvalue weighted by Crippen LogP contribution is 2.18. The number of nitrogens with zero attached hydrogens (tertiary/aromatic N) is 3. The van der Waals surface area contributed by atoms with Gasteiger partial charge in [-0.3, -0.25) is 4.68 Å². The van der Waals surface area contributed by atoms with Gasteiger partial charge in [0.2, 0.25) is 10.0 Å². The summed E-state index contributed by atoms with van der Waals surface area (Å²) in [5.74, 6) is 0.0624. The first-order valence-electron chi connectivity index (χ1n) is 5.48. The van der Waals surface area contributed by atoms with E-state index in [0.717, 1.165) is 25.7 Å². The minimum atomic E-state index is -3.18. The fourth-order valence-electron chi connectivity index (χ4n) is 1.92. The average molecular weight is 244 g/mol. The minimum absolute atomic E-state index is 0.0624. The van der Waals surface area contributed by atoms with E-state index in [1.807, 2.05) is 0 Å². The van der Waals surface area contributed by atoms with Crippen molar-refractivity contribution >= 4 is 10.0 Å². The van der Waals surface area contributed by atoms with Gasteiger partial charge < -0.3 is 0 Å². The largest absolute Gasteiger partial charge is 0.252 e. The van der Waals surface area contributed by atoms with Gasteiger partial charge in [0.1, 0.15) is 12.7 Å². The van der Waals surface area contributed by atoms with Crippen LogP contribution in [0.25, 0.3) is 0 Å². The summed E-state index contributed by atoms with van der Waals surface area (Å²) in [6.45, 7) is 0.349. The number of nitrogens with one attached hydrogen (secondary N) is 1. The summed E-state index contributed by atoms with van der Waals surface area (Å²) in [6, 6.07) is 0.140. The van der Waals surface area contributed by atoms with Gasteiger partial charge in [0.05, 0.1) is 12.3 Å². The normalized spacial score (nSPS) is 18.0. The summed E-state index contributed by atoms with van der Waals surface area (Å²) >= 11 is 0. The Labute approximate surface area is 95.1 Å². The van der Waals surface area contributed by atoms with Crippen LogP contribution in [0.3, 0.4) is 0 Å². The van der Waals surface area contributed by atoms with Crippen LogP contribution in [0.2, 0.25) is 0 Å². The van der Waals surface area contributed by atoms with Crippen molar-refractivity contribution < 1.29 is 8.42 Å². The van der Waals surface area contributed by atoms with Crippen molar-refractivity contribution in [3.05, 3.63) is 12.7 Å². The Morgan fingerprint density at radius 3 is 2.75 bits per heavy atom. The van der Waals surface area contributed by atoms with Crippen molar-refractivity contribution in [1.82, 2.24) is 19.5 Å². The fourth-order valence-corrected chi connectivity index (χ4v) is 3.21. The highest BCUT2D eigenvalue weighted by Gasteiger charge is 2.21. The van der Waals surface area contributed by atoms with E-state index in [-0.39, 0.29) is 11.8 Å². The molecular weight excluding hydrogens is 228 g/mol. The summed E-state index contributed by atoms with van der Waals surface area (Å²) in [5, 5.41) is 3.86.